The van der Waals surface area contributed by atoms with E-state index in [-0.39, 0.29) is 0 Å². The largest absolute Gasteiger partial charge is 0.456 e. The quantitative estimate of drug-likeness (QED) is 0.170. The van der Waals surface area contributed by atoms with Crippen molar-refractivity contribution in [3.05, 3.63) is 188 Å². The van der Waals surface area contributed by atoms with Gasteiger partial charge in [-0.15, -0.1) is 0 Å². The van der Waals surface area contributed by atoms with Gasteiger partial charge in [0.05, 0.1) is 11.4 Å². The van der Waals surface area contributed by atoms with E-state index in [4.69, 9.17) is 18.8 Å². The summed E-state index contributed by atoms with van der Waals surface area (Å²) >= 11 is 0. The van der Waals surface area contributed by atoms with Crippen molar-refractivity contribution < 1.29 is 8.83 Å². The Kier molecular flexibility index (Phi) is 7.64. The highest BCUT2D eigenvalue weighted by atomic mass is 16.3. The minimum atomic E-state index is 0.648. The van der Waals surface area contributed by atoms with Gasteiger partial charge in [-0.25, -0.2) is 9.97 Å². The van der Waals surface area contributed by atoms with Gasteiger partial charge in [-0.2, -0.15) is 0 Å². The average molecular weight is 732 g/mol. The maximum absolute atomic E-state index is 6.22. The first-order chi connectivity index (χ1) is 28.1. The van der Waals surface area contributed by atoms with Gasteiger partial charge < -0.3 is 8.83 Å². The summed E-state index contributed by atoms with van der Waals surface area (Å²) in [6.07, 6.45) is 3.68. The van der Waals surface area contributed by atoms with Crippen LogP contribution in [0.2, 0.25) is 0 Å². The van der Waals surface area contributed by atoms with Crippen LogP contribution >= 0.6 is 0 Å². The smallest absolute Gasteiger partial charge is 0.160 e. The van der Waals surface area contributed by atoms with Crippen molar-refractivity contribution in [3.8, 4) is 67.3 Å². The Morgan fingerprint density at radius 3 is 1.54 bits per heavy atom. The molecule has 57 heavy (non-hydrogen) atoms. The van der Waals surface area contributed by atoms with Crippen LogP contribution in [0, 0.1) is 6.92 Å². The van der Waals surface area contributed by atoms with E-state index in [9.17, 15) is 0 Å². The fourth-order valence-corrected chi connectivity index (χ4v) is 7.99. The van der Waals surface area contributed by atoms with Crippen molar-refractivity contribution >= 4 is 43.9 Å². The number of pyridine rings is 1. The van der Waals surface area contributed by atoms with Crippen LogP contribution in [-0.2, 0) is 0 Å². The Bertz CT molecular complexity index is 3170. The molecule has 0 bridgehead atoms. The van der Waals surface area contributed by atoms with Gasteiger partial charge in [-0.3, -0.25) is 4.98 Å². The van der Waals surface area contributed by atoms with E-state index >= 15 is 0 Å². The molecule has 0 saturated carbocycles. The second kappa shape index (κ2) is 13.3. The second-order valence-corrected chi connectivity index (χ2v) is 14.5. The molecule has 0 amide bonds. The fourth-order valence-electron chi connectivity index (χ4n) is 7.99. The normalized spacial score (nSPS) is 11.6. The number of aromatic nitrogens is 3. The van der Waals surface area contributed by atoms with Gasteiger partial charge in [0.15, 0.2) is 5.82 Å². The number of fused-ring (bicyclic) bond motifs is 6. The van der Waals surface area contributed by atoms with Crippen LogP contribution in [-0.4, -0.2) is 15.0 Å². The van der Waals surface area contributed by atoms with E-state index in [1.165, 1.54) is 0 Å². The SMILES string of the molecule is Cc1ccccc1-c1cc(-c2ccc(-c3cccnc3)cc2)nc(-c2cc(-c3ccc4oc5ccccc5c4c3)cc(-c3ccc4oc5ccccc5c4c3)c2)n1. The van der Waals surface area contributed by atoms with Crippen LogP contribution < -0.4 is 0 Å². The van der Waals surface area contributed by atoms with Crippen LogP contribution in [0.4, 0.5) is 0 Å². The standard InChI is InChI=1S/C52H33N3O2/c1-32-9-2-3-11-41(32)47-30-46(34-18-16-33(17-19-34)37-10-8-24-53-31-37)54-52(55-47)40-26-38(35-20-22-50-44(28-35)42-12-4-6-14-48(42)56-50)25-39(27-40)36-21-23-51-45(29-36)43-13-5-7-15-49(43)57-51/h2-31H,1H3. The summed E-state index contributed by atoms with van der Waals surface area (Å²) in [5.74, 6) is 0.648. The van der Waals surface area contributed by atoms with Gasteiger partial charge in [0.1, 0.15) is 22.3 Å². The highest BCUT2D eigenvalue weighted by molar-refractivity contribution is 6.07. The van der Waals surface area contributed by atoms with E-state index in [0.29, 0.717) is 5.82 Å². The van der Waals surface area contributed by atoms with Crippen LogP contribution in [0.25, 0.3) is 111 Å². The third-order valence-corrected chi connectivity index (χ3v) is 10.9. The fraction of sp³-hybridized carbons (Fsp3) is 0.0192. The van der Waals surface area contributed by atoms with Gasteiger partial charge in [0, 0.05) is 50.6 Å². The van der Waals surface area contributed by atoms with Crippen molar-refractivity contribution in [2.24, 2.45) is 0 Å². The van der Waals surface area contributed by atoms with E-state index in [2.05, 4.69) is 151 Å². The lowest BCUT2D eigenvalue weighted by atomic mass is 9.94. The van der Waals surface area contributed by atoms with Gasteiger partial charge in [-0.05, 0) is 113 Å². The monoisotopic (exact) mass is 731 g/mol. The highest BCUT2D eigenvalue weighted by Crippen LogP contribution is 2.39. The lowest BCUT2D eigenvalue weighted by molar-refractivity contribution is 0.668. The molecule has 0 spiro atoms. The zero-order valence-corrected chi connectivity index (χ0v) is 31.0. The number of benzene rings is 7. The van der Waals surface area contributed by atoms with E-state index < -0.39 is 0 Å². The Hall–Kier alpha value is -7.63. The first-order valence-corrected chi connectivity index (χ1v) is 19.1. The predicted octanol–water partition coefficient (Wildman–Crippen LogP) is 14.0. The zero-order valence-electron chi connectivity index (χ0n) is 31.0. The van der Waals surface area contributed by atoms with Gasteiger partial charge >= 0.3 is 0 Å². The number of aryl methyl sites for hydroxylation is 1. The van der Waals surface area contributed by atoms with Crippen molar-refractivity contribution in [1.29, 1.82) is 0 Å². The third kappa shape index (κ3) is 5.85. The first kappa shape index (κ1) is 32.8. The molecule has 11 rings (SSSR count). The minimum Gasteiger partial charge on any atom is -0.456 e. The Balaban J connectivity index is 1.12. The first-order valence-electron chi connectivity index (χ1n) is 19.1. The number of furan rings is 2. The summed E-state index contributed by atoms with van der Waals surface area (Å²) < 4.78 is 12.4. The number of para-hydroxylation sites is 2. The van der Waals surface area contributed by atoms with Crippen molar-refractivity contribution in [2.75, 3.05) is 0 Å². The Morgan fingerprint density at radius 1 is 0.368 bits per heavy atom. The summed E-state index contributed by atoms with van der Waals surface area (Å²) in [4.78, 5) is 14.9. The molecule has 0 N–H and O–H groups in total. The average Bonchev–Trinajstić information content (AvgIpc) is 3.84. The van der Waals surface area contributed by atoms with E-state index in [0.717, 1.165) is 111 Å². The lowest BCUT2D eigenvalue weighted by Gasteiger charge is -2.14. The molecule has 5 heteroatoms. The molecule has 11 aromatic rings. The molecule has 4 heterocycles. The lowest BCUT2D eigenvalue weighted by Crippen LogP contribution is -1.98. The van der Waals surface area contributed by atoms with Gasteiger partial charge in [-0.1, -0.05) is 103 Å². The predicted molar refractivity (Wildman–Crippen MR) is 232 cm³/mol. The number of hydrogen-bond acceptors (Lipinski definition) is 5. The summed E-state index contributed by atoms with van der Waals surface area (Å²) in [5.41, 5.74) is 15.8. The molecule has 0 aliphatic carbocycles. The van der Waals surface area contributed by atoms with Crippen molar-refractivity contribution in [3.63, 3.8) is 0 Å². The molecule has 0 unspecified atom stereocenters. The molecule has 4 aromatic heterocycles. The number of hydrogen-bond donors (Lipinski definition) is 0. The molecule has 0 radical (unpaired) electrons. The maximum atomic E-state index is 6.22. The number of nitrogens with zero attached hydrogens (tertiary/aromatic N) is 3. The maximum Gasteiger partial charge on any atom is 0.160 e. The van der Waals surface area contributed by atoms with Crippen LogP contribution in [0.1, 0.15) is 5.56 Å². The van der Waals surface area contributed by atoms with Gasteiger partial charge in [0.25, 0.3) is 0 Å². The topological polar surface area (TPSA) is 65.0 Å². The molecular weight excluding hydrogens is 699 g/mol. The minimum absolute atomic E-state index is 0.648. The second-order valence-electron chi connectivity index (χ2n) is 14.5. The van der Waals surface area contributed by atoms with E-state index in [1.54, 1.807) is 6.20 Å². The molecule has 268 valence electrons. The summed E-state index contributed by atoms with van der Waals surface area (Å²) in [7, 11) is 0. The zero-order chi connectivity index (χ0) is 37.9. The highest BCUT2D eigenvalue weighted by Gasteiger charge is 2.17. The van der Waals surface area contributed by atoms with Crippen LogP contribution in [0.15, 0.2) is 191 Å². The summed E-state index contributed by atoms with van der Waals surface area (Å²) in [5, 5.41) is 4.35. The summed E-state index contributed by atoms with van der Waals surface area (Å²) in [6.45, 7) is 2.13. The Morgan fingerprint density at radius 2 is 0.912 bits per heavy atom. The molecule has 0 saturated heterocycles. The molecule has 0 fully saturated rings. The van der Waals surface area contributed by atoms with Crippen molar-refractivity contribution in [1.82, 2.24) is 15.0 Å². The van der Waals surface area contributed by atoms with Gasteiger partial charge in [0.2, 0.25) is 0 Å². The molecule has 7 aromatic carbocycles. The summed E-state index contributed by atoms with van der Waals surface area (Å²) in [6, 6.07) is 59.0. The molecule has 0 aliphatic heterocycles. The molecule has 5 nitrogen and oxygen atoms in total. The molecule has 0 aliphatic rings. The van der Waals surface area contributed by atoms with Crippen LogP contribution in [0.3, 0.4) is 0 Å². The van der Waals surface area contributed by atoms with Crippen molar-refractivity contribution in [2.45, 2.75) is 6.92 Å². The Labute approximate surface area is 328 Å². The van der Waals surface area contributed by atoms with E-state index in [1.807, 2.05) is 36.5 Å². The van der Waals surface area contributed by atoms with Crippen LogP contribution in [0.5, 0.6) is 0 Å². The molecule has 0 atom stereocenters. The third-order valence-electron chi connectivity index (χ3n) is 10.9. The number of rotatable bonds is 6. The molecular formula is C52H33N3O2.